The third-order valence-corrected chi connectivity index (χ3v) is 6.85. The number of hydrogen-bond acceptors (Lipinski definition) is 4. The largest absolute Gasteiger partial charge is 0.481 e. The summed E-state index contributed by atoms with van der Waals surface area (Å²) in [7, 11) is 0. The SMILES string of the molecule is Cc1ccc(-c2csc(NC(=O)C3CCCCC3C(=O)O)c2C(=O)NC2CC2)cc1. The molecule has 7 heteroatoms. The molecule has 2 aliphatic rings. The van der Waals surface area contributed by atoms with Gasteiger partial charge in [-0.2, -0.15) is 0 Å². The molecule has 2 saturated carbocycles. The number of amides is 2. The minimum Gasteiger partial charge on any atom is -0.481 e. The molecule has 2 aliphatic carbocycles. The van der Waals surface area contributed by atoms with Crippen molar-refractivity contribution in [3.05, 3.63) is 40.8 Å². The minimum atomic E-state index is -0.923. The van der Waals surface area contributed by atoms with Gasteiger partial charge in [0.05, 0.1) is 17.4 Å². The van der Waals surface area contributed by atoms with Gasteiger partial charge in [0.2, 0.25) is 5.91 Å². The summed E-state index contributed by atoms with van der Waals surface area (Å²) in [6.45, 7) is 2.01. The topological polar surface area (TPSA) is 95.5 Å². The van der Waals surface area contributed by atoms with Crippen molar-refractivity contribution in [3.63, 3.8) is 0 Å². The van der Waals surface area contributed by atoms with Crippen LogP contribution in [-0.4, -0.2) is 28.9 Å². The number of anilines is 1. The molecule has 1 aromatic carbocycles. The Bertz CT molecular complexity index is 962. The van der Waals surface area contributed by atoms with Crippen LogP contribution in [0.1, 0.15) is 54.4 Å². The van der Waals surface area contributed by atoms with Crippen molar-refractivity contribution in [2.24, 2.45) is 11.8 Å². The van der Waals surface area contributed by atoms with E-state index in [1.54, 1.807) is 0 Å². The second-order valence-corrected chi connectivity index (χ2v) is 9.17. The van der Waals surface area contributed by atoms with Gasteiger partial charge in [0.1, 0.15) is 5.00 Å². The molecule has 6 nitrogen and oxygen atoms in total. The monoisotopic (exact) mass is 426 g/mol. The summed E-state index contributed by atoms with van der Waals surface area (Å²) in [6.07, 6.45) is 4.69. The molecule has 2 unspecified atom stereocenters. The number of carboxylic acid groups (broad SMARTS) is 1. The van der Waals surface area contributed by atoms with E-state index in [0.29, 0.717) is 23.4 Å². The molecule has 0 spiro atoms. The highest BCUT2D eigenvalue weighted by atomic mass is 32.1. The summed E-state index contributed by atoms with van der Waals surface area (Å²) in [5.41, 5.74) is 3.29. The fraction of sp³-hybridized carbons (Fsp3) is 0.435. The van der Waals surface area contributed by atoms with Crippen LogP contribution in [0, 0.1) is 18.8 Å². The predicted octanol–water partition coefficient (Wildman–Crippen LogP) is 4.45. The Hall–Kier alpha value is -2.67. The number of thiophene rings is 1. The molecule has 4 rings (SSSR count). The number of hydrogen-bond donors (Lipinski definition) is 3. The molecule has 2 fully saturated rings. The zero-order valence-electron chi connectivity index (χ0n) is 16.9. The smallest absolute Gasteiger partial charge is 0.307 e. The number of carbonyl (C=O) groups is 3. The lowest BCUT2D eigenvalue weighted by Crippen LogP contribution is -2.36. The van der Waals surface area contributed by atoms with Crippen molar-refractivity contribution in [1.82, 2.24) is 5.32 Å². The second-order valence-electron chi connectivity index (χ2n) is 8.29. The van der Waals surface area contributed by atoms with E-state index in [1.807, 2.05) is 36.6 Å². The molecule has 0 aliphatic heterocycles. The first-order chi connectivity index (χ1) is 14.4. The van der Waals surface area contributed by atoms with Gasteiger partial charge in [-0.1, -0.05) is 42.7 Å². The van der Waals surface area contributed by atoms with E-state index in [4.69, 9.17) is 0 Å². The Morgan fingerprint density at radius 3 is 2.30 bits per heavy atom. The summed E-state index contributed by atoms with van der Waals surface area (Å²) in [4.78, 5) is 37.6. The maximum absolute atomic E-state index is 13.0. The van der Waals surface area contributed by atoms with Gasteiger partial charge in [-0.25, -0.2) is 0 Å². The number of nitrogens with one attached hydrogen (secondary N) is 2. The molecule has 3 N–H and O–H groups in total. The molecule has 2 amide bonds. The lowest BCUT2D eigenvalue weighted by atomic mass is 9.78. The highest BCUT2D eigenvalue weighted by molar-refractivity contribution is 7.15. The number of aryl methyl sites for hydroxylation is 1. The Morgan fingerprint density at radius 1 is 1.00 bits per heavy atom. The molecule has 158 valence electrons. The van der Waals surface area contributed by atoms with Crippen LogP contribution >= 0.6 is 11.3 Å². The fourth-order valence-electron chi connectivity index (χ4n) is 4.05. The van der Waals surface area contributed by atoms with Crippen LogP contribution in [0.2, 0.25) is 0 Å². The molecule has 1 aromatic heterocycles. The first kappa shape index (κ1) is 20.6. The molecule has 0 saturated heterocycles. The number of benzene rings is 1. The highest BCUT2D eigenvalue weighted by Gasteiger charge is 2.36. The number of carbonyl (C=O) groups excluding carboxylic acids is 2. The Balaban J connectivity index is 1.63. The average molecular weight is 427 g/mol. The van der Waals surface area contributed by atoms with Gasteiger partial charge in [0.15, 0.2) is 0 Å². The van der Waals surface area contributed by atoms with Gasteiger partial charge in [-0.05, 0) is 38.2 Å². The Labute approximate surface area is 179 Å². The average Bonchev–Trinajstić information content (AvgIpc) is 3.45. The van der Waals surface area contributed by atoms with E-state index in [0.717, 1.165) is 42.4 Å². The lowest BCUT2D eigenvalue weighted by Gasteiger charge is -2.27. The maximum Gasteiger partial charge on any atom is 0.307 e. The van der Waals surface area contributed by atoms with Crippen LogP contribution < -0.4 is 10.6 Å². The van der Waals surface area contributed by atoms with E-state index >= 15 is 0 Å². The number of aliphatic carboxylic acids is 1. The lowest BCUT2D eigenvalue weighted by molar-refractivity contribution is -0.147. The van der Waals surface area contributed by atoms with E-state index in [9.17, 15) is 19.5 Å². The van der Waals surface area contributed by atoms with Gasteiger partial charge in [-0.15, -0.1) is 11.3 Å². The van der Waals surface area contributed by atoms with Gasteiger partial charge < -0.3 is 15.7 Å². The third-order valence-electron chi connectivity index (χ3n) is 5.95. The molecule has 2 atom stereocenters. The van der Waals surface area contributed by atoms with Crippen molar-refractivity contribution >= 4 is 34.1 Å². The maximum atomic E-state index is 13.0. The van der Waals surface area contributed by atoms with Gasteiger partial charge in [0, 0.05) is 17.0 Å². The predicted molar refractivity (Wildman–Crippen MR) is 117 cm³/mol. The second kappa shape index (κ2) is 8.60. The van der Waals surface area contributed by atoms with Crippen molar-refractivity contribution < 1.29 is 19.5 Å². The Kier molecular flexibility index (Phi) is 5.90. The normalized spacial score (nSPS) is 21.1. The van der Waals surface area contributed by atoms with E-state index in [1.165, 1.54) is 11.3 Å². The molecule has 1 heterocycles. The van der Waals surface area contributed by atoms with Gasteiger partial charge in [0.25, 0.3) is 5.91 Å². The molecular formula is C23H26N2O4S. The van der Waals surface area contributed by atoms with Crippen molar-refractivity contribution in [2.45, 2.75) is 51.5 Å². The molecule has 30 heavy (non-hydrogen) atoms. The summed E-state index contributed by atoms with van der Waals surface area (Å²) < 4.78 is 0. The summed E-state index contributed by atoms with van der Waals surface area (Å²) in [6, 6.07) is 8.12. The van der Waals surface area contributed by atoms with Crippen LogP contribution in [0.3, 0.4) is 0 Å². The molecular weight excluding hydrogens is 400 g/mol. The highest BCUT2D eigenvalue weighted by Crippen LogP contribution is 2.38. The Morgan fingerprint density at radius 2 is 1.67 bits per heavy atom. The van der Waals surface area contributed by atoms with Gasteiger partial charge >= 0.3 is 5.97 Å². The van der Waals surface area contributed by atoms with Crippen LogP contribution in [0.15, 0.2) is 29.6 Å². The quantitative estimate of drug-likeness (QED) is 0.636. The third kappa shape index (κ3) is 4.41. The van der Waals surface area contributed by atoms with Crippen molar-refractivity contribution in [3.8, 4) is 11.1 Å². The van der Waals surface area contributed by atoms with Crippen molar-refractivity contribution in [2.75, 3.05) is 5.32 Å². The first-order valence-electron chi connectivity index (χ1n) is 10.5. The van der Waals surface area contributed by atoms with Crippen LogP contribution in [0.5, 0.6) is 0 Å². The standard InChI is InChI=1S/C23H26N2O4S/c1-13-6-8-14(9-7-13)18-12-30-22(19(18)21(27)24-15-10-11-15)25-20(26)16-4-2-3-5-17(16)23(28)29/h6-9,12,15-17H,2-5,10-11H2,1H3,(H,24,27)(H,25,26)(H,28,29). The molecule has 2 aromatic rings. The first-order valence-corrected chi connectivity index (χ1v) is 11.3. The number of carboxylic acids is 1. The zero-order valence-corrected chi connectivity index (χ0v) is 17.8. The van der Waals surface area contributed by atoms with E-state index in [2.05, 4.69) is 10.6 Å². The van der Waals surface area contributed by atoms with E-state index in [-0.39, 0.29) is 17.9 Å². The van der Waals surface area contributed by atoms with Gasteiger partial charge in [-0.3, -0.25) is 14.4 Å². The fourth-order valence-corrected chi connectivity index (χ4v) is 5.02. The summed E-state index contributed by atoms with van der Waals surface area (Å²) in [5, 5.41) is 17.8. The number of rotatable bonds is 6. The zero-order chi connectivity index (χ0) is 21.3. The van der Waals surface area contributed by atoms with Crippen LogP contribution in [0.25, 0.3) is 11.1 Å². The summed E-state index contributed by atoms with van der Waals surface area (Å²) >= 11 is 1.31. The van der Waals surface area contributed by atoms with E-state index < -0.39 is 17.8 Å². The van der Waals surface area contributed by atoms with Crippen LogP contribution in [0.4, 0.5) is 5.00 Å². The van der Waals surface area contributed by atoms with Crippen LogP contribution in [-0.2, 0) is 9.59 Å². The molecule has 0 radical (unpaired) electrons. The molecule has 0 bridgehead atoms. The summed E-state index contributed by atoms with van der Waals surface area (Å²) in [5.74, 6) is -2.66. The van der Waals surface area contributed by atoms with Crippen molar-refractivity contribution in [1.29, 1.82) is 0 Å². The minimum absolute atomic E-state index is 0.192.